The quantitative estimate of drug-likeness (QED) is 0.437. The van der Waals surface area contributed by atoms with Gasteiger partial charge in [0.25, 0.3) is 0 Å². The molecule has 0 aliphatic carbocycles. The molecule has 0 aliphatic rings. The first kappa shape index (κ1) is 9.44. The monoisotopic (exact) mass is 181 g/mol. The molecule has 1 rings (SSSR count). The van der Waals surface area contributed by atoms with E-state index in [1.54, 1.807) is 0 Å². The Kier molecular flexibility index (Phi) is 2.79. The van der Waals surface area contributed by atoms with Crippen LogP contribution in [0.2, 0.25) is 0 Å². The van der Waals surface area contributed by atoms with Gasteiger partial charge in [0.2, 0.25) is 0 Å². The van der Waals surface area contributed by atoms with Crippen LogP contribution in [0.5, 0.6) is 0 Å². The fraction of sp³-hybridized carbons (Fsp3) is 0.375. The third-order valence-corrected chi connectivity index (χ3v) is 1.60. The summed E-state index contributed by atoms with van der Waals surface area (Å²) in [6.07, 6.45) is 2.70. The summed E-state index contributed by atoms with van der Waals surface area (Å²) in [5.41, 5.74) is 1.04. The molecule has 0 bridgehead atoms. The van der Waals surface area contributed by atoms with E-state index in [0.717, 1.165) is 12.0 Å². The van der Waals surface area contributed by atoms with Crippen LogP contribution in [0.4, 0.5) is 5.82 Å². The van der Waals surface area contributed by atoms with Gasteiger partial charge >= 0.3 is 5.82 Å². The number of H-pyrrole nitrogens is 1. The average Bonchev–Trinajstić information content (AvgIpc) is 2.48. The highest BCUT2D eigenvalue weighted by atomic mass is 16.6. The summed E-state index contributed by atoms with van der Waals surface area (Å²) in [6, 6.07) is 0. The third kappa shape index (κ3) is 2.70. The molecule has 0 aromatic carbocycles. The van der Waals surface area contributed by atoms with Crippen molar-refractivity contribution in [3.63, 3.8) is 0 Å². The van der Waals surface area contributed by atoms with Crippen LogP contribution in [0.3, 0.4) is 0 Å². The minimum absolute atomic E-state index is 0.0586. The minimum Gasteiger partial charge on any atom is -0.358 e. The zero-order valence-corrected chi connectivity index (χ0v) is 7.41. The second kappa shape index (κ2) is 3.84. The van der Waals surface area contributed by atoms with Gasteiger partial charge in [-0.1, -0.05) is 5.57 Å². The number of hydrogen-bond donors (Lipinski definition) is 1. The Balaban J connectivity index is 2.59. The SMILES string of the molecule is C=C(C)CCc1ncc([N+](=O)[O-])[nH]1. The summed E-state index contributed by atoms with van der Waals surface area (Å²) < 4.78 is 0. The van der Waals surface area contributed by atoms with Gasteiger partial charge in [0.1, 0.15) is 6.20 Å². The maximum Gasteiger partial charge on any atom is 0.340 e. The number of hydrogen-bond acceptors (Lipinski definition) is 3. The first-order valence-electron chi connectivity index (χ1n) is 3.92. The molecule has 0 spiro atoms. The molecule has 1 N–H and O–H groups in total. The van der Waals surface area contributed by atoms with Crippen molar-refractivity contribution in [1.29, 1.82) is 0 Å². The Morgan fingerprint density at radius 3 is 3.00 bits per heavy atom. The number of nitro groups is 1. The van der Waals surface area contributed by atoms with E-state index in [2.05, 4.69) is 16.5 Å². The molecule has 0 saturated heterocycles. The predicted molar refractivity (Wildman–Crippen MR) is 48.4 cm³/mol. The van der Waals surface area contributed by atoms with Crippen LogP contribution in [0, 0.1) is 10.1 Å². The fourth-order valence-corrected chi connectivity index (χ4v) is 0.903. The van der Waals surface area contributed by atoms with Crippen LogP contribution in [0.1, 0.15) is 19.2 Å². The highest BCUT2D eigenvalue weighted by Gasteiger charge is 2.08. The van der Waals surface area contributed by atoms with Gasteiger partial charge in [0, 0.05) is 6.42 Å². The number of rotatable bonds is 4. The van der Waals surface area contributed by atoms with Gasteiger partial charge in [-0.05, 0) is 18.3 Å². The molecule has 0 atom stereocenters. The topological polar surface area (TPSA) is 71.8 Å². The van der Waals surface area contributed by atoms with E-state index in [1.807, 2.05) is 6.92 Å². The Bertz CT molecular complexity index is 330. The standard InChI is InChI=1S/C8H11N3O2/c1-6(2)3-4-7-9-5-8(10-7)11(12)13/h5H,1,3-4H2,2H3,(H,9,10). The van der Waals surface area contributed by atoms with Gasteiger partial charge in [0.15, 0.2) is 5.82 Å². The van der Waals surface area contributed by atoms with Crippen molar-refractivity contribution in [3.8, 4) is 0 Å². The van der Waals surface area contributed by atoms with E-state index in [1.165, 1.54) is 6.20 Å². The lowest BCUT2D eigenvalue weighted by molar-refractivity contribution is -0.389. The predicted octanol–water partition coefficient (Wildman–Crippen LogP) is 1.83. The maximum atomic E-state index is 10.3. The van der Waals surface area contributed by atoms with Gasteiger partial charge in [-0.15, -0.1) is 6.58 Å². The second-order valence-corrected chi connectivity index (χ2v) is 2.93. The molecule has 0 amide bonds. The summed E-state index contributed by atoms with van der Waals surface area (Å²) in [6.45, 7) is 5.65. The zero-order valence-electron chi connectivity index (χ0n) is 7.41. The smallest absolute Gasteiger partial charge is 0.340 e. The van der Waals surface area contributed by atoms with Crippen molar-refractivity contribution in [3.05, 3.63) is 34.3 Å². The van der Waals surface area contributed by atoms with Crippen molar-refractivity contribution in [2.75, 3.05) is 0 Å². The van der Waals surface area contributed by atoms with Crippen LogP contribution in [0.15, 0.2) is 18.3 Å². The van der Waals surface area contributed by atoms with E-state index < -0.39 is 4.92 Å². The van der Waals surface area contributed by atoms with Crippen LogP contribution in [-0.4, -0.2) is 14.9 Å². The molecule has 0 unspecified atom stereocenters. The lowest BCUT2D eigenvalue weighted by Crippen LogP contribution is -1.90. The number of aromatic amines is 1. The van der Waals surface area contributed by atoms with E-state index >= 15 is 0 Å². The van der Waals surface area contributed by atoms with Crippen LogP contribution in [-0.2, 0) is 6.42 Å². The van der Waals surface area contributed by atoms with Gasteiger partial charge in [-0.25, -0.2) is 9.97 Å². The number of allylic oxidation sites excluding steroid dienone is 1. The number of aromatic nitrogens is 2. The molecule has 5 nitrogen and oxygen atoms in total. The number of nitrogens with one attached hydrogen (secondary N) is 1. The molecule has 13 heavy (non-hydrogen) atoms. The molecular weight excluding hydrogens is 170 g/mol. The summed E-state index contributed by atoms with van der Waals surface area (Å²) in [5.74, 6) is 0.575. The molecule has 5 heteroatoms. The fourth-order valence-electron chi connectivity index (χ4n) is 0.903. The molecular formula is C8H11N3O2. The van der Waals surface area contributed by atoms with Gasteiger partial charge in [0.05, 0.1) is 0 Å². The number of nitrogens with zero attached hydrogens (tertiary/aromatic N) is 2. The largest absolute Gasteiger partial charge is 0.358 e. The van der Waals surface area contributed by atoms with E-state index in [9.17, 15) is 10.1 Å². The van der Waals surface area contributed by atoms with Crippen molar-refractivity contribution in [1.82, 2.24) is 9.97 Å². The Morgan fingerprint density at radius 2 is 2.54 bits per heavy atom. The summed E-state index contributed by atoms with van der Waals surface area (Å²) in [4.78, 5) is 16.3. The Labute approximate surface area is 75.6 Å². The summed E-state index contributed by atoms with van der Waals surface area (Å²) in [5, 5.41) is 10.3. The lowest BCUT2D eigenvalue weighted by Gasteiger charge is -1.92. The number of imidazole rings is 1. The Hall–Kier alpha value is -1.65. The maximum absolute atomic E-state index is 10.3. The summed E-state index contributed by atoms with van der Waals surface area (Å²) in [7, 11) is 0. The summed E-state index contributed by atoms with van der Waals surface area (Å²) >= 11 is 0. The van der Waals surface area contributed by atoms with Crippen LogP contribution >= 0.6 is 0 Å². The molecule has 0 radical (unpaired) electrons. The van der Waals surface area contributed by atoms with Crippen LogP contribution in [0.25, 0.3) is 0 Å². The van der Waals surface area contributed by atoms with E-state index in [0.29, 0.717) is 12.2 Å². The third-order valence-electron chi connectivity index (χ3n) is 1.60. The van der Waals surface area contributed by atoms with Crippen LogP contribution < -0.4 is 0 Å². The lowest BCUT2D eigenvalue weighted by atomic mass is 10.2. The van der Waals surface area contributed by atoms with Gasteiger partial charge in [-0.2, -0.15) is 0 Å². The first-order valence-corrected chi connectivity index (χ1v) is 3.92. The molecule has 0 saturated carbocycles. The molecule has 1 aromatic rings. The highest BCUT2D eigenvalue weighted by molar-refractivity contribution is 5.15. The molecule has 70 valence electrons. The molecule has 0 fully saturated rings. The van der Waals surface area contributed by atoms with Gasteiger partial charge in [-0.3, -0.25) is 0 Å². The van der Waals surface area contributed by atoms with Crippen molar-refractivity contribution in [2.45, 2.75) is 19.8 Å². The second-order valence-electron chi connectivity index (χ2n) is 2.93. The van der Waals surface area contributed by atoms with E-state index in [-0.39, 0.29) is 5.82 Å². The first-order chi connectivity index (χ1) is 6.09. The minimum atomic E-state index is -0.489. The average molecular weight is 181 g/mol. The normalized spacial score (nSPS) is 9.92. The van der Waals surface area contributed by atoms with Crippen molar-refractivity contribution in [2.24, 2.45) is 0 Å². The zero-order chi connectivity index (χ0) is 9.84. The van der Waals surface area contributed by atoms with Crippen molar-refractivity contribution < 1.29 is 4.92 Å². The highest BCUT2D eigenvalue weighted by Crippen LogP contribution is 2.09. The molecule has 0 aliphatic heterocycles. The molecule has 1 heterocycles. The number of aryl methyl sites for hydroxylation is 1. The van der Waals surface area contributed by atoms with E-state index in [4.69, 9.17) is 0 Å². The van der Waals surface area contributed by atoms with Gasteiger partial charge < -0.3 is 10.1 Å². The van der Waals surface area contributed by atoms with Crippen molar-refractivity contribution >= 4 is 5.82 Å². The Morgan fingerprint density at radius 1 is 1.85 bits per heavy atom. The molecule has 1 aromatic heterocycles.